The second-order valence-electron chi connectivity index (χ2n) is 9.51. The van der Waals surface area contributed by atoms with Crippen LogP contribution < -0.4 is 0 Å². The first kappa shape index (κ1) is 23.4. The summed E-state index contributed by atoms with van der Waals surface area (Å²) in [4.78, 5) is 56.5. The molecule has 3 aliphatic rings. The Morgan fingerprint density at radius 2 is 1.88 bits per heavy atom. The van der Waals surface area contributed by atoms with Crippen LogP contribution in [0, 0.1) is 17.2 Å². The molecule has 3 amide bonds. The number of benzene rings is 1. The summed E-state index contributed by atoms with van der Waals surface area (Å²) in [6.07, 6.45) is -0.664. The fourth-order valence-electron chi connectivity index (χ4n) is 4.60. The van der Waals surface area contributed by atoms with Gasteiger partial charge in [-0.15, -0.1) is 0 Å². The SMILES string of the molecule is CN1CC(O)C(C)(C)CN2C(=O)C(=O)C3C(=O)N(Cc4ccc(F)c(Cl)c4)CCC3=C2C1=O. The van der Waals surface area contributed by atoms with E-state index in [1.807, 2.05) is 0 Å². The Bertz CT molecular complexity index is 1100. The van der Waals surface area contributed by atoms with E-state index in [4.69, 9.17) is 11.6 Å². The van der Waals surface area contributed by atoms with Gasteiger partial charge in [-0.25, -0.2) is 4.39 Å². The van der Waals surface area contributed by atoms with E-state index in [1.165, 1.54) is 35.0 Å². The molecule has 2 fully saturated rings. The predicted molar refractivity (Wildman–Crippen MR) is 116 cm³/mol. The molecule has 33 heavy (non-hydrogen) atoms. The topological polar surface area (TPSA) is 98.2 Å². The fourth-order valence-corrected chi connectivity index (χ4v) is 4.80. The van der Waals surface area contributed by atoms with Gasteiger partial charge in [0.05, 0.1) is 11.1 Å². The first-order valence-electron chi connectivity index (χ1n) is 10.7. The molecule has 176 valence electrons. The summed E-state index contributed by atoms with van der Waals surface area (Å²) < 4.78 is 13.5. The van der Waals surface area contributed by atoms with E-state index in [0.717, 1.165) is 4.90 Å². The summed E-state index contributed by atoms with van der Waals surface area (Å²) in [5.74, 6) is -4.83. The van der Waals surface area contributed by atoms with E-state index in [2.05, 4.69) is 0 Å². The third kappa shape index (κ3) is 3.93. The van der Waals surface area contributed by atoms with Gasteiger partial charge in [-0.05, 0) is 29.7 Å². The molecule has 0 bridgehead atoms. The Hall–Kier alpha value is -2.78. The minimum absolute atomic E-state index is 0.0180. The first-order chi connectivity index (χ1) is 15.4. The average Bonchev–Trinajstić information content (AvgIpc) is 2.75. The maximum atomic E-state index is 13.5. The number of likely N-dealkylation sites (tertiary alicyclic amines) is 1. The number of fused-ring (bicyclic) bond motifs is 2. The third-order valence-corrected chi connectivity index (χ3v) is 6.96. The number of carbonyl (C=O) groups excluding carboxylic acids is 4. The number of piperidine rings is 1. The van der Waals surface area contributed by atoms with Crippen molar-refractivity contribution >= 4 is 35.1 Å². The molecule has 0 spiro atoms. The number of carbonyl (C=O) groups is 4. The maximum absolute atomic E-state index is 13.5. The monoisotopic (exact) mass is 477 g/mol. The van der Waals surface area contributed by atoms with E-state index in [1.54, 1.807) is 13.8 Å². The molecule has 3 aliphatic heterocycles. The quantitative estimate of drug-likeness (QED) is 0.512. The van der Waals surface area contributed by atoms with Crippen LogP contribution in [-0.4, -0.2) is 76.1 Å². The highest BCUT2D eigenvalue weighted by atomic mass is 35.5. The van der Waals surface area contributed by atoms with Crippen molar-refractivity contribution in [1.29, 1.82) is 0 Å². The van der Waals surface area contributed by atoms with Crippen molar-refractivity contribution in [1.82, 2.24) is 14.7 Å². The van der Waals surface area contributed by atoms with Crippen molar-refractivity contribution in [2.45, 2.75) is 32.9 Å². The van der Waals surface area contributed by atoms with E-state index < -0.39 is 46.8 Å². The number of aliphatic hydroxyl groups excluding tert-OH is 1. The van der Waals surface area contributed by atoms with Crippen LogP contribution in [-0.2, 0) is 25.7 Å². The Kier molecular flexibility index (Phi) is 5.82. The second-order valence-corrected chi connectivity index (χ2v) is 9.92. The zero-order valence-electron chi connectivity index (χ0n) is 18.6. The summed E-state index contributed by atoms with van der Waals surface area (Å²) in [7, 11) is 1.52. The molecule has 0 aromatic heterocycles. The minimum Gasteiger partial charge on any atom is -0.391 e. The molecule has 1 aromatic carbocycles. The molecule has 8 nitrogen and oxygen atoms in total. The van der Waals surface area contributed by atoms with E-state index in [0.29, 0.717) is 11.1 Å². The molecule has 2 saturated heterocycles. The van der Waals surface area contributed by atoms with Gasteiger partial charge in [-0.2, -0.15) is 0 Å². The lowest BCUT2D eigenvalue weighted by Gasteiger charge is -2.46. The zero-order chi connectivity index (χ0) is 24.2. The molecule has 1 N–H and O–H groups in total. The molecule has 4 rings (SSSR count). The maximum Gasteiger partial charge on any atom is 0.295 e. The Labute approximate surface area is 195 Å². The number of β-amino-alcohol motifs (C(OH)–C–C–N with tert-alkyl or cyclic N) is 1. The molecule has 3 heterocycles. The number of likely N-dealkylation sites (N-methyl/N-ethyl adjacent to an activating group) is 1. The van der Waals surface area contributed by atoms with Gasteiger partial charge < -0.3 is 19.8 Å². The smallest absolute Gasteiger partial charge is 0.295 e. The fraction of sp³-hybridized carbons (Fsp3) is 0.478. The summed E-state index contributed by atoms with van der Waals surface area (Å²) >= 11 is 5.84. The zero-order valence-corrected chi connectivity index (χ0v) is 19.4. The van der Waals surface area contributed by atoms with Crippen LogP contribution in [0.3, 0.4) is 0 Å². The number of nitrogens with zero attached hydrogens (tertiary/aromatic N) is 3. The summed E-state index contributed by atoms with van der Waals surface area (Å²) in [6, 6.07) is 4.11. The lowest BCUT2D eigenvalue weighted by Crippen LogP contribution is -2.60. The van der Waals surface area contributed by atoms with E-state index >= 15 is 0 Å². The van der Waals surface area contributed by atoms with Gasteiger partial charge >= 0.3 is 0 Å². The van der Waals surface area contributed by atoms with Crippen molar-refractivity contribution in [2.75, 3.05) is 26.7 Å². The van der Waals surface area contributed by atoms with E-state index in [9.17, 15) is 28.7 Å². The standard InChI is InChI=1S/C23H25ClFN3O5/c1-23(2)11-28-18(21(32)26(3)10-16(23)29)13-6-7-27(20(31)17(13)19(30)22(28)33)9-12-4-5-15(25)14(24)8-12/h4-5,8,16-17,29H,6-7,9-11H2,1-3H3. The number of aliphatic hydroxyl groups is 1. The summed E-state index contributed by atoms with van der Waals surface area (Å²) in [5, 5.41) is 10.5. The highest BCUT2D eigenvalue weighted by Gasteiger charge is 2.52. The van der Waals surface area contributed by atoms with Crippen molar-refractivity contribution < 1.29 is 28.7 Å². The average molecular weight is 478 g/mol. The van der Waals surface area contributed by atoms with Crippen LogP contribution in [0.15, 0.2) is 29.5 Å². The largest absolute Gasteiger partial charge is 0.391 e. The Morgan fingerprint density at radius 1 is 1.18 bits per heavy atom. The van der Waals surface area contributed by atoms with Crippen molar-refractivity contribution in [3.05, 3.63) is 45.9 Å². The highest BCUT2D eigenvalue weighted by Crippen LogP contribution is 2.38. The summed E-state index contributed by atoms with van der Waals surface area (Å²) in [6.45, 7) is 3.88. The Balaban J connectivity index is 1.72. The number of ketones is 1. The van der Waals surface area contributed by atoms with Gasteiger partial charge in [0.25, 0.3) is 11.8 Å². The van der Waals surface area contributed by atoms with Crippen LogP contribution in [0.2, 0.25) is 5.02 Å². The van der Waals surface area contributed by atoms with Gasteiger partial charge in [-0.3, -0.25) is 19.2 Å². The Morgan fingerprint density at radius 3 is 2.55 bits per heavy atom. The predicted octanol–water partition coefficient (Wildman–Crippen LogP) is 1.35. The number of halogens is 2. The number of hydrogen-bond acceptors (Lipinski definition) is 5. The highest BCUT2D eigenvalue weighted by molar-refractivity contribution is 6.43. The van der Waals surface area contributed by atoms with Crippen LogP contribution in [0.4, 0.5) is 4.39 Å². The van der Waals surface area contributed by atoms with Crippen LogP contribution in [0.1, 0.15) is 25.8 Å². The molecule has 10 heteroatoms. The van der Waals surface area contributed by atoms with Gasteiger partial charge in [0.1, 0.15) is 17.4 Å². The minimum atomic E-state index is -1.36. The summed E-state index contributed by atoms with van der Waals surface area (Å²) in [5.41, 5.74) is 0.197. The van der Waals surface area contributed by atoms with Crippen LogP contribution in [0.5, 0.6) is 0 Å². The lowest BCUT2D eigenvalue weighted by molar-refractivity contribution is -0.156. The lowest BCUT2D eigenvalue weighted by atomic mass is 9.78. The first-order valence-corrected chi connectivity index (χ1v) is 11.0. The van der Waals surface area contributed by atoms with Crippen molar-refractivity contribution in [3.8, 4) is 0 Å². The molecule has 2 atom stereocenters. The number of Topliss-reactive ketones (excluding diaryl/α,β-unsaturated/α-hetero) is 1. The van der Waals surface area contributed by atoms with Gasteiger partial charge in [0.15, 0.2) is 0 Å². The number of hydrogen-bond donors (Lipinski definition) is 1. The number of amides is 3. The van der Waals surface area contributed by atoms with E-state index in [-0.39, 0.29) is 43.3 Å². The van der Waals surface area contributed by atoms with Gasteiger partial charge in [0.2, 0.25) is 11.7 Å². The van der Waals surface area contributed by atoms with Gasteiger partial charge in [-0.1, -0.05) is 31.5 Å². The van der Waals surface area contributed by atoms with Crippen LogP contribution >= 0.6 is 11.6 Å². The normalized spacial score (nSPS) is 25.7. The molecular weight excluding hydrogens is 453 g/mol. The number of rotatable bonds is 2. The molecule has 0 saturated carbocycles. The van der Waals surface area contributed by atoms with Crippen molar-refractivity contribution in [3.63, 3.8) is 0 Å². The third-order valence-electron chi connectivity index (χ3n) is 6.67. The molecule has 1 aromatic rings. The molecule has 0 radical (unpaired) electrons. The van der Waals surface area contributed by atoms with Gasteiger partial charge in [0, 0.05) is 38.6 Å². The molecular formula is C23H25ClFN3O5. The second kappa shape index (κ2) is 8.22. The van der Waals surface area contributed by atoms with Crippen molar-refractivity contribution in [2.24, 2.45) is 11.3 Å². The molecule has 0 aliphatic carbocycles. The van der Waals surface area contributed by atoms with Crippen LogP contribution in [0.25, 0.3) is 0 Å². The molecule has 2 unspecified atom stereocenters.